The molecule has 96 valence electrons. The van der Waals surface area contributed by atoms with Gasteiger partial charge in [0.15, 0.2) is 0 Å². The van der Waals surface area contributed by atoms with E-state index in [9.17, 15) is 0 Å². The van der Waals surface area contributed by atoms with Crippen LogP contribution in [-0.4, -0.2) is 6.61 Å². The van der Waals surface area contributed by atoms with E-state index in [-0.39, 0.29) is 0 Å². The second-order valence-corrected chi connectivity index (χ2v) is 4.72. The quantitative estimate of drug-likeness (QED) is 0.701. The van der Waals surface area contributed by atoms with Gasteiger partial charge >= 0.3 is 0 Å². The molecule has 1 aromatic carbocycles. The molecule has 1 heterocycles. The monoisotopic (exact) mass is 234 g/mol. The second-order valence-electron chi connectivity index (χ2n) is 4.72. The van der Waals surface area contributed by atoms with Crippen molar-refractivity contribution in [3.05, 3.63) is 35.9 Å². The first-order valence-corrected chi connectivity index (χ1v) is 6.99. The molecule has 0 amide bonds. The van der Waals surface area contributed by atoms with Gasteiger partial charge in [0.1, 0.15) is 0 Å². The van der Waals surface area contributed by atoms with Crippen LogP contribution in [0.1, 0.15) is 58.1 Å². The molecule has 1 aromatic rings. The molecule has 0 aliphatic carbocycles. The fraction of sp³-hybridized carbons (Fsp3) is 0.625. The Balaban J connectivity index is 0.000000437. The van der Waals surface area contributed by atoms with Crippen LogP contribution in [-0.2, 0) is 4.74 Å². The van der Waals surface area contributed by atoms with E-state index in [2.05, 4.69) is 51.1 Å². The van der Waals surface area contributed by atoms with Crippen LogP contribution in [0.4, 0.5) is 0 Å². The van der Waals surface area contributed by atoms with Crippen molar-refractivity contribution >= 4 is 0 Å². The first-order valence-electron chi connectivity index (χ1n) is 6.99. The van der Waals surface area contributed by atoms with Crippen LogP contribution in [0.2, 0.25) is 0 Å². The fourth-order valence-corrected chi connectivity index (χ4v) is 2.27. The van der Waals surface area contributed by atoms with Gasteiger partial charge in [-0.1, -0.05) is 63.9 Å². The molecule has 2 unspecified atom stereocenters. The summed E-state index contributed by atoms with van der Waals surface area (Å²) in [6, 6.07) is 10.6. The van der Waals surface area contributed by atoms with E-state index in [0.717, 1.165) is 6.61 Å². The minimum absolute atomic E-state index is 0.343. The predicted molar refractivity (Wildman–Crippen MR) is 74.1 cm³/mol. The van der Waals surface area contributed by atoms with Crippen molar-refractivity contribution in [2.75, 3.05) is 6.61 Å². The van der Waals surface area contributed by atoms with Gasteiger partial charge in [0, 0.05) is 6.61 Å². The first kappa shape index (κ1) is 14.2. The number of ether oxygens (including phenoxy) is 1. The third kappa shape index (κ3) is 4.51. The summed E-state index contributed by atoms with van der Waals surface area (Å²) in [6.45, 7) is 7.44. The van der Waals surface area contributed by atoms with E-state index >= 15 is 0 Å². The van der Waals surface area contributed by atoms with Gasteiger partial charge in [0.25, 0.3) is 0 Å². The van der Waals surface area contributed by atoms with Crippen LogP contribution in [0.5, 0.6) is 0 Å². The van der Waals surface area contributed by atoms with Gasteiger partial charge in [-0.25, -0.2) is 0 Å². The average Bonchev–Trinajstić information content (AvgIpc) is 2.40. The summed E-state index contributed by atoms with van der Waals surface area (Å²) >= 11 is 0. The lowest BCUT2D eigenvalue weighted by molar-refractivity contribution is -0.0294. The van der Waals surface area contributed by atoms with Crippen molar-refractivity contribution in [2.45, 2.75) is 52.6 Å². The number of rotatable bonds is 2. The molecular weight excluding hydrogens is 208 g/mol. The third-order valence-corrected chi connectivity index (χ3v) is 3.10. The van der Waals surface area contributed by atoms with E-state index in [1.165, 1.54) is 31.2 Å². The molecule has 0 spiro atoms. The Morgan fingerprint density at radius 2 is 1.76 bits per heavy atom. The van der Waals surface area contributed by atoms with Gasteiger partial charge in [-0.3, -0.25) is 0 Å². The summed E-state index contributed by atoms with van der Waals surface area (Å²) < 4.78 is 5.87. The number of hydrogen-bond acceptors (Lipinski definition) is 1. The minimum atomic E-state index is 0.343. The molecule has 1 fully saturated rings. The molecule has 2 atom stereocenters. The molecule has 0 radical (unpaired) electrons. The van der Waals surface area contributed by atoms with Gasteiger partial charge in [-0.15, -0.1) is 0 Å². The molecule has 0 N–H and O–H groups in total. The second kappa shape index (κ2) is 8.30. The highest BCUT2D eigenvalue weighted by Gasteiger charge is 2.25. The van der Waals surface area contributed by atoms with Gasteiger partial charge in [0.2, 0.25) is 0 Å². The normalized spacial score (nSPS) is 23.7. The maximum atomic E-state index is 5.87. The van der Waals surface area contributed by atoms with Crippen molar-refractivity contribution in [3.8, 4) is 0 Å². The Labute approximate surface area is 106 Å². The van der Waals surface area contributed by atoms with E-state index in [1.54, 1.807) is 0 Å². The molecule has 1 aliphatic rings. The molecule has 17 heavy (non-hydrogen) atoms. The molecular formula is C16H26O. The molecule has 0 aromatic heterocycles. The fourth-order valence-electron chi connectivity index (χ4n) is 2.27. The highest BCUT2D eigenvalue weighted by atomic mass is 16.5. The van der Waals surface area contributed by atoms with Crippen LogP contribution < -0.4 is 0 Å². The number of benzene rings is 1. The molecule has 2 rings (SSSR count). The molecule has 1 aliphatic heterocycles. The summed E-state index contributed by atoms with van der Waals surface area (Å²) in [6.07, 6.45) is 5.35. The smallest absolute Gasteiger partial charge is 0.0852 e. The van der Waals surface area contributed by atoms with Crippen molar-refractivity contribution in [1.29, 1.82) is 0 Å². The summed E-state index contributed by atoms with van der Waals surface area (Å²) in [5.74, 6) is 0.714. The van der Waals surface area contributed by atoms with E-state index in [0.29, 0.717) is 12.0 Å². The zero-order valence-electron chi connectivity index (χ0n) is 11.5. The zero-order chi connectivity index (χ0) is 12.5. The Bertz CT molecular complexity index is 281. The minimum Gasteiger partial charge on any atom is -0.373 e. The lowest BCUT2D eigenvalue weighted by Gasteiger charge is -2.31. The molecule has 1 saturated heterocycles. The van der Waals surface area contributed by atoms with Gasteiger partial charge < -0.3 is 4.74 Å². The van der Waals surface area contributed by atoms with Crippen molar-refractivity contribution in [3.63, 3.8) is 0 Å². The van der Waals surface area contributed by atoms with Crippen LogP contribution in [0.3, 0.4) is 0 Å². The summed E-state index contributed by atoms with van der Waals surface area (Å²) in [7, 11) is 0. The highest BCUT2D eigenvalue weighted by molar-refractivity contribution is 5.18. The summed E-state index contributed by atoms with van der Waals surface area (Å²) in [5, 5.41) is 0. The van der Waals surface area contributed by atoms with Crippen LogP contribution in [0, 0.1) is 5.92 Å². The SMILES string of the molecule is CCC.CCC1CCCOC1c1ccccc1. The lowest BCUT2D eigenvalue weighted by Crippen LogP contribution is -2.21. The van der Waals surface area contributed by atoms with E-state index in [1.807, 2.05) is 0 Å². The standard InChI is InChI=1S/C13H18O.C3H8/c1-2-11-9-6-10-14-13(11)12-7-4-3-5-8-12;1-3-2/h3-5,7-8,11,13H,2,6,9-10H2,1H3;3H2,1-2H3. The summed E-state index contributed by atoms with van der Waals surface area (Å²) in [5.41, 5.74) is 1.35. The van der Waals surface area contributed by atoms with Gasteiger partial charge in [-0.2, -0.15) is 0 Å². The Hall–Kier alpha value is -0.820. The zero-order valence-corrected chi connectivity index (χ0v) is 11.5. The molecule has 0 bridgehead atoms. The van der Waals surface area contributed by atoms with Crippen LogP contribution >= 0.6 is 0 Å². The highest BCUT2D eigenvalue weighted by Crippen LogP contribution is 2.35. The first-order chi connectivity index (χ1) is 8.33. The van der Waals surface area contributed by atoms with Gasteiger partial charge in [0.05, 0.1) is 6.10 Å². The van der Waals surface area contributed by atoms with E-state index < -0.39 is 0 Å². The van der Waals surface area contributed by atoms with Crippen molar-refractivity contribution < 1.29 is 4.74 Å². The topological polar surface area (TPSA) is 9.23 Å². The molecule has 1 heteroatoms. The maximum Gasteiger partial charge on any atom is 0.0852 e. The van der Waals surface area contributed by atoms with Crippen LogP contribution in [0.15, 0.2) is 30.3 Å². The molecule has 1 nitrogen and oxygen atoms in total. The largest absolute Gasteiger partial charge is 0.373 e. The average molecular weight is 234 g/mol. The Morgan fingerprint density at radius 3 is 2.35 bits per heavy atom. The van der Waals surface area contributed by atoms with Crippen molar-refractivity contribution in [1.82, 2.24) is 0 Å². The van der Waals surface area contributed by atoms with Gasteiger partial charge in [-0.05, 0) is 24.3 Å². The number of hydrogen-bond donors (Lipinski definition) is 0. The maximum absolute atomic E-state index is 5.87. The summed E-state index contributed by atoms with van der Waals surface area (Å²) in [4.78, 5) is 0. The Morgan fingerprint density at radius 1 is 1.12 bits per heavy atom. The Kier molecular flexibility index (Phi) is 6.95. The molecule has 0 saturated carbocycles. The van der Waals surface area contributed by atoms with Crippen LogP contribution in [0.25, 0.3) is 0 Å². The predicted octanol–water partition coefficient (Wildman–Crippen LogP) is 4.98. The van der Waals surface area contributed by atoms with Crippen molar-refractivity contribution in [2.24, 2.45) is 5.92 Å². The lowest BCUT2D eigenvalue weighted by atomic mass is 9.88. The van der Waals surface area contributed by atoms with E-state index in [4.69, 9.17) is 4.74 Å². The third-order valence-electron chi connectivity index (χ3n) is 3.10.